The maximum atomic E-state index is 12.7. The summed E-state index contributed by atoms with van der Waals surface area (Å²) in [4.78, 5) is 23.5. The first kappa shape index (κ1) is 16.3. The molecule has 0 saturated carbocycles. The lowest BCUT2D eigenvalue weighted by molar-refractivity contribution is -0.187. The summed E-state index contributed by atoms with van der Waals surface area (Å²) in [7, 11) is 0. The van der Waals surface area contributed by atoms with Crippen LogP contribution in [0.15, 0.2) is 11.6 Å². The Labute approximate surface area is 114 Å². The minimum absolute atomic E-state index is 0.200. The molecule has 0 spiro atoms. The molecule has 20 heavy (non-hydrogen) atoms. The Bertz CT molecular complexity index is 417. The second-order valence-electron chi connectivity index (χ2n) is 4.97. The number of rotatable bonds is 3. The molecule has 1 aliphatic rings. The van der Waals surface area contributed by atoms with E-state index in [0.29, 0.717) is 0 Å². The summed E-state index contributed by atoms with van der Waals surface area (Å²) < 4.78 is 38.2. The number of hydrogen-bond donors (Lipinski definition) is 2. The van der Waals surface area contributed by atoms with Gasteiger partial charge >= 0.3 is 18.2 Å². The van der Waals surface area contributed by atoms with Crippen LogP contribution < -0.4 is 5.32 Å². The molecule has 0 radical (unpaired) electrons. The number of carboxylic acids is 1. The fourth-order valence-electron chi connectivity index (χ4n) is 2.01. The zero-order valence-electron chi connectivity index (χ0n) is 11.2. The average Bonchev–Trinajstić information content (AvgIpc) is 2.72. The number of carbonyl (C=O) groups excluding carboxylic acids is 1. The number of alkyl halides is 3. The molecular weight excluding hydrogens is 277 g/mol. The van der Waals surface area contributed by atoms with Crippen LogP contribution in [-0.2, 0) is 4.79 Å². The van der Waals surface area contributed by atoms with Crippen molar-refractivity contribution in [3.63, 3.8) is 0 Å². The minimum Gasteiger partial charge on any atom is -0.481 e. The van der Waals surface area contributed by atoms with Crippen LogP contribution in [0.1, 0.15) is 13.8 Å². The normalized spacial score (nSPS) is 22.6. The van der Waals surface area contributed by atoms with E-state index < -0.39 is 43.1 Å². The summed E-state index contributed by atoms with van der Waals surface area (Å²) in [5.74, 6) is -5.16. The molecule has 2 amide bonds. The van der Waals surface area contributed by atoms with E-state index in [2.05, 4.69) is 5.32 Å². The van der Waals surface area contributed by atoms with Crippen LogP contribution in [0.4, 0.5) is 18.0 Å². The summed E-state index contributed by atoms with van der Waals surface area (Å²) in [5.41, 5.74) is 0.961. The van der Waals surface area contributed by atoms with Gasteiger partial charge in [-0.05, 0) is 13.8 Å². The fraction of sp³-hybridized carbons (Fsp3) is 0.667. The Morgan fingerprint density at radius 3 is 2.35 bits per heavy atom. The number of nitrogens with one attached hydrogen (secondary N) is 1. The minimum atomic E-state index is -4.63. The van der Waals surface area contributed by atoms with Gasteiger partial charge in [0, 0.05) is 19.6 Å². The number of allylic oxidation sites excluding steroid dienone is 1. The molecule has 0 unspecified atom stereocenters. The lowest BCUT2D eigenvalue weighted by Crippen LogP contribution is -2.39. The Morgan fingerprint density at radius 1 is 1.35 bits per heavy atom. The van der Waals surface area contributed by atoms with E-state index in [1.54, 1.807) is 6.08 Å². The van der Waals surface area contributed by atoms with Crippen LogP contribution in [0.25, 0.3) is 0 Å². The third kappa shape index (κ3) is 4.14. The highest BCUT2D eigenvalue weighted by atomic mass is 19.4. The molecule has 0 bridgehead atoms. The molecule has 0 aromatic heterocycles. The number of carboxylic acid groups (broad SMARTS) is 1. The highest BCUT2D eigenvalue weighted by Crippen LogP contribution is 2.37. The Hall–Kier alpha value is -1.73. The number of halogens is 3. The van der Waals surface area contributed by atoms with Crippen molar-refractivity contribution in [2.24, 2.45) is 11.8 Å². The van der Waals surface area contributed by atoms with Crippen molar-refractivity contribution in [3.05, 3.63) is 11.6 Å². The molecule has 1 aliphatic heterocycles. The van der Waals surface area contributed by atoms with Crippen molar-refractivity contribution in [2.45, 2.75) is 20.0 Å². The summed E-state index contributed by atoms with van der Waals surface area (Å²) in [5, 5.41) is 11.3. The van der Waals surface area contributed by atoms with E-state index in [1.165, 1.54) is 0 Å². The number of nitrogens with zero attached hydrogens (tertiary/aromatic N) is 1. The van der Waals surface area contributed by atoms with E-state index >= 15 is 0 Å². The van der Waals surface area contributed by atoms with Gasteiger partial charge in [0.05, 0.1) is 11.8 Å². The summed E-state index contributed by atoms with van der Waals surface area (Å²) in [6, 6.07) is -0.680. The number of likely N-dealkylation sites (tertiary alicyclic amines) is 1. The van der Waals surface area contributed by atoms with E-state index in [9.17, 15) is 22.8 Å². The Kier molecular flexibility index (Phi) is 5.02. The molecule has 0 aliphatic carbocycles. The highest BCUT2D eigenvalue weighted by molar-refractivity contribution is 5.77. The third-order valence-electron chi connectivity index (χ3n) is 3.11. The molecule has 1 heterocycles. The third-order valence-corrected chi connectivity index (χ3v) is 3.11. The number of carbonyl (C=O) groups is 2. The molecule has 0 aromatic rings. The quantitative estimate of drug-likeness (QED) is 0.781. The Balaban J connectivity index is 2.68. The first-order valence-corrected chi connectivity index (χ1v) is 6.08. The fourth-order valence-corrected chi connectivity index (χ4v) is 2.01. The van der Waals surface area contributed by atoms with Crippen molar-refractivity contribution in [1.82, 2.24) is 10.2 Å². The average molecular weight is 294 g/mol. The number of aliphatic carboxylic acids is 1. The summed E-state index contributed by atoms with van der Waals surface area (Å²) in [6.07, 6.45) is -2.91. The van der Waals surface area contributed by atoms with Crippen molar-refractivity contribution in [2.75, 3.05) is 19.6 Å². The molecule has 8 heteroatoms. The maximum Gasteiger partial charge on any atom is 0.394 e. The van der Waals surface area contributed by atoms with Gasteiger partial charge in [0.25, 0.3) is 0 Å². The second kappa shape index (κ2) is 6.15. The maximum absolute atomic E-state index is 12.7. The predicted molar refractivity (Wildman–Crippen MR) is 65.1 cm³/mol. The van der Waals surface area contributed by atoms with Crippen LogP contribution in [0.3, 0.4) is 0 Å². The molecule has 2 N–H and O–H groups in total. The molecule has 114 valence electrons. The lowest BCUT2D eigenvalue weighted by Gasteiger charge is -2.18. The van der Waals surface area contributed by atoms with Crippen LogP contribution in [0, 0.1) is 11.8 Å². The first-order valence-electron chi connectivity index (χ1n) is 6.08. The van der Waals surface area contributed by atoms with Crippen LogP contribution in [0.5, 0.6) is 0 Å². The molecule has 1 fully saturated rings. The smallest absolute Gasteiger partial charge is 0.394 e. The van der Waals surface area contributed by atoms with Gasteiger partial charge < -0.3 is 15.3 Å². The van der Waals surface area contributed by atoms with Gasteiger partial charge in [-0.3, -0.25) is 4.79 Å². The van der Waals surface area contributed by atoms with Crippen molar-refractivity contribution in [3.8, 4) is 0 Å². The molecule has 0 aromatic carbocycles. The number of amides is 2. The van der Waals surface area contributed by atoms with Crippen molar-refractivity contribution >= 4 is 12.0 Å². The largest absolute Gasteiger partial charge is 0.481 e. The van der Waals surface area contributed by atoms with Gasteiger partial charge in [0.1, 0.15) is 0 Å². The monoisotopic (exact) mass is 294 g/mol. The number of urea groups is 1. The van der Waals surface area contributed by atoms with Gasteiger partial charge in [-0.2, -0.15) is 13.2 Å². The van der Waals surface area contributed by atoms with E-state index in [0.717, 1.165) is 10.5 Å². The molecule has 1 saturated heterocycles. The van der Waals surface area contributed by atoms with Crippen LogP contribution >= 0.6 is 0 Å². The molecule has 2 atom stereocenters. The van der Waals surface area contributed by atoms with E-state index in [4.69, 9.17) is 5.11 Å². The number of hydrogen-bond acceptors (Lipinski definition) is 2. The van der Waals surface area contributed by atoms with E-state index in [1.807, 2.05) is 13.8 Å². The second-order valence-corrected chi connectivity index (χ2v) is 4.97. The molecular formula is C12H17F3N2O3. The van der Waals surface area contributed by atoms with Gasteiger partial charge in [-0.1, -0.05) is 11.6 Å². The SMILES string of the molecule is CC(C)=CCNC(=O)N1C[C@@H](C(F)(F)F)[C@H](C(=O)O)C1. The molecule has 5 nitrogen and oxygen atoms in total. The van der Waals surface area contributed by atoms with Gasteiger partial charge in [0.2, 0.25) is 0 Å². The standard InChI is InChI=1S/C12H17F3N2O3/c1-7(2)3-4-16-11(20)17-5-8(10(18)19)9(6-17)12(13,14)15/h3,8-9H,4-6H2,1-2H3,(H,16,20)(H,18,19)/t8-,9-/m1/s1. The van der Waals surface area contributed by atoms with Gasteiger partial charge in [-0.15, -0.1) is 0 Å². The predicted octanol–water partition coefficient (Wildman–Crippen LogP) is 1.86. The van der Waals surface area contributed by atoms with Crippen LogP contribution in [0.2, 0.25) is 0 Å². The van der Waals surface area contributed by atoms with Gasteiger partial charge in [-0.25, -0.2) is 4.79 Å². The summed E-state index contributed by atoms with van der Waals surface area (Å²) in [6.45, 7) is 2.79. The van der Waals surface area contributed by atoms with Crippen molar-refractivity contribution in [1.29, 1.82) is 0 Å². The summed E-state index contributed by atoms with van der Waals surface area (Å²) >= 11 is 0. The highest BCUT2D eigenvalue weighted by Gasteiger charge is 2.53. The van der Waals surface area contributed by atoms with Crippen molar-refractivity contribution < 1.29 is 27.9 Å². The zero-order chi connectivity index (χ0) is 15.5. The first-order chi connectivity index (χ1) is 9.12. The van der Waals surface area contributed by atoms with Crippen LogP contribution in [-0.4, -0.2) is 47.8 Å². The Morgan fingerprint density at radius 2 is 1.95 bits per heavy atom. The lowest BCUT2D eigenvalue weighted by atomic mass is 9.96. The van der Waals surface area contributed by atoms with Gasteiger partial charge in [0.15, 0.2) is 0 Å². The van der Waals surface area contributed by atoms with E-state index in [-0.39, 0.29) is 6.54 Å². The molecule has 1 rings (SSSR count). The zero-order valence-corrected chi connectivity index (χ0v) is 11.2. The topological polar surface area (TPSA) is 69.6 Å².